The lowest BCUT2D eigenvalue weighted by atomic mass is 10.1. The first-order valence-electron chi connectivity index (χ1n) is 11.1. The molecule has 8 heteroatoms. The number of carboxylic acids is 1. The van der Waals surface area contributed by atoms with Crippen LogP contribution in [-0.4, -0.2) is 31.3 Å². The molecule has 0 bridgehead atoms. The molecular formula is C27H25ClFN2O4-. The van der Waals surface area contributed by atoms with E-state index >= 15 is 0 Å². The van der Waals surface area contributed by atoms with E-state index in [2.05, 4.69) is 5.32 Å². The quantitative estimate of drug-likeness (QED) is 0.334. The third kappa shape index (κ3) is 5.26. The Bertz CT molecular complexity index is 1370. The highest BCUT2D eigenvalue weighted by Crippen LogP contribution is 2.31. The third-order valence-electron chi connectivity index (χ3n) is 5.98. The van der Waals surface area contributed by atoms with Gasteiger partial charge in [0.05, 0.1) is 31.4 Å². The van der Waals surface area contributed by atoms with E-state index in [1.807, 2.05) is 30.3 Å². The molecule has 0 unspecified atom stereocenters. The second-order valence-electron chi connectivity index (χ2n) is 8.06. The van der Waals surface area contributed by atoms with E-state index in [-0.39, 0.29) is 17.3 Å². The van der Waals surface area contributed by atoms with Crippen LogP contribution in [0.15, 0.2) is 60.7 Å². The normalized spacial score (nSPS) is 11.1. The molecule has 0 aliphatic carbocycles. The fourth-order valence-corrected chi connectivity index (χ4v) is 4.50. The predicted octanol–water partition coefficient (Wildman–Crippen LogP) is 4.20. The number of hydrogen-bond donors (Lipinski definition) is 1. The van der Waals surface area contributed by atoms with Crippen molar-refractivity contribution in [2.75, 3.05) is 20.8 Å². The van der Waals surface area contributed by atoms with Crippen molar-refractivity contribution >= 4 is 28.5 Å². The lowest BCUT2D eigenvalue weighted by Gasteiger charge is -2.15. The summed E-state index contributed by atoms with van der Waals surface area (Å²) in [5, 5.41) is 16.7. The molecule has 0 amide bonds. The minimum absolute atomic E-state index is 0.0402. The largest absolute Gasteiger partial charge is 0.543 e. The van der Waals surface area contributed by atoms with Crippen molar-refractivity contribution < 1.29 is 23.8 Å². The monoisotopic (exact) mass is 495 g/mol. The summed E-state index contributed by atoms with van der Waals surface area (Å²) in [4.78, 5) is 12.3. The maximum atomic E-state index is 13.6. The standard InChI is InChI=1S/C27H26ClFN2O4/c1-34-20-9-10-21-22(15-30-12-11-17-5-3-4-6-25(17)35-2)26(27(32)33)31(24(21)14-20)16-18-7-8-19(29)13-23(18)28/h3-10,13-14,30H,11-12,15-16H2,1-2H3,(H,32,33)/p-1. The summed E-state index contributed by atoms with van der Waals surface area (Å²) in [5.74, 6) is -0.371. The Morgan fingerprint density at radius 2 is 1.86 bits per heavy atom. The van der Waals surface area contributed by atoms with Gasteiger partial charge in [-0.3, -0.25) is 0 Å². The Balaban J connectivity index is 1.68. The second kappa shape index (κ2) is 10.8. The first-order valence-corrected chi connectivity index (χ1v) is 11.5. The van der Waals surface area contributed by atoms with Crippen LogP contribution in [0.5, 0.6) is 11.5 Å². The number of para-hydroxylation sites is 1. The van der Waals surface area contributed by atoms with E-state index in [9.17, 15) is 14.3 Å². The van der Waals surface area contributed by atoms with Gasteiger partial charge >= 0.3 is 0 Å². The summed E-state index contributed by atoms with van der Waals surface area (Å²) < 4.78 is 26.0. The average molecular weight is 496 g/mol. The summed E-state index contributed by atoms with van der Waals surface area (Å²) in [6, 6.07) is 17.2. The number of aromatic nitrogens is 1. The van der Waals surface area contributed by atoms with Crippen molar-refractivity contribution in [3.8, 4) is 11.5 Å². The van der Waals surface area contributed by atoms with Crippen molar-refractivity contribution in [2.24, 2.45) is 0 Å². The van der Waals surface area contributed by atoms with Gasteiger partial charge in [0.1, 0.15) is 17.3 Å². The molecule has 1 N–H and O–H groups in total. The lowest BCUT2D eigenvalue weighted by molar-refractivity contribution is -0.255. The number of benzene rings is 3. The summed E-state index contributed by atoms with van der Waals surface area (Å²) in [6.07, 6.45) is 0.711. The minimum atomic E-state index is -1.31. The maximum Gasteiger partial charge on any atom is 0.124 e. The number of nitrogens with one attached hydrogen (secondary N) is 1. The highest BCUT2D eigenvalue weighted by molar-refractivity contribution is 6.31. The number of carbonyl (C=O) groups excluding carboxylic acids is 1. The third-order valence-corrected chi connectivity index (χ3v) is 6.33. The molecule has 35 heavy (non-hydrogen) atoms. The fraction of sp³-hybridized carbons (Fsp3) is 0.222. The highest BCUT2D eigenvalue weighted by atomic mass is 35.5. The molecule has 0 saturated heterocycles. The Kier molecular flexibility index (Phi) is 7.58. The highest BCUT2D eigenvalue weighted by Gasteiger charge is 2.20. The molecule has 0 spiro atoms. The summed E-state index contributed by atoms with van der Waals surface area (Å²) in [6.45, 7) is 1.05. The van der Waals surface area contributed by atoms with Crippen molar-refractivity contribution in [3.05, 3.63) is 93.9 Å². The Hall–Kier alpha value is -3.55. The van der Waals surface area contributed by atoms with Gasteiger partial charge in [-0.1, -0.05) is 35.9 Å². The average Bonchev–Trinajstić information content (AvgIpc) is 3.16. The number of methoxy groups -OCH3 is 2. The molecular weight excluding hydrogens is 471 g/mol. The molecule has 0 aliphatic rings. The molecule has 6 nitrogen and oxygen atoms in total. The summed E-state index contributed by atoms with van der Waals surface area (Å²) in [5.41, 5.74) is 2.94. The van der Waals surface area contributed by atoms with Gasteiger partial charge in [0.15, 0.2) is 0 Å². The number of carbonyl (C=O) groups is 1. The number of carboxylic acid groups (broad SMARTS) is 1. The van der Waals surface area contributed by atoms with Crippen LogP contribution in [0, 0.1) is 5.82 Å². The van der Waals surface area contributed by atoms with Crippen LogP contribution in [0.25, 0.3) is 10.9 Å². The van der Waals surface area contributed by atoms with Crippen LogP contribution in [0.1, 0.15) is 27.2 Å². The van der Waals surface area contributed by atoms with Gasteiger partial charge < -0.3 is 29.3 Å². The molecule has 0 saturated carbocycles. The Labute approximate surface area is 207 Å². The van der Waals surface area contributed by atoms with E-state index in [0.29, 0.717) is 41.9 Å². The number of fused-ring (bicyclic) bond motifs is 1. The van der Waals surface area contributed by atoms with Crippen molar-refractivity contribution in [1.82, 2.24) is 9.88 Å². The van der Waals surface area contributed by atoms with E-state index in [1.54, 1.807) is 37.0 Å². The van der Waals surface area contributed by atoms with Crippen LogP contribution in [0.4, 0.5) is 4.39 Å². The molecule has 3 aromatic carbocycles. The second-order valence-corrected chi connectivity index (χ2v) is 8.47. The number of halogens is 2. The first kappa shape index (κ1) is 24.6. The van der Waals surface area contributed by atoms with E-state index in [0.717, 1.165) is 16.7 Å². The van der Waals surface area contributed by atoms with Gasteiger partial charge in [0.25, 0.3) is 0 Å². The van der Waals surface area contributed by atoms with Crippen LogP contribution in [0.3, 0.4) is 0 Å². The zero-order valence-electron chi connectivity index (χ0n) is 19.4. The van der Waals surface area contributed by atoms with Crippen LogP contribution in [-0.2, 0) is 19.5 Å². The van der Waals surface area contributed by atoms with Gasteiger partial charge in [-0.15, -0.1) is 0 Å². The number of ether oxygens (including phenoxy) is 2. The molecule has 0 fully saturated rings. The van der Waals surface area contributed by atoms with E-state index in [4.69, 9.17) is 21.1 Å². The van der Waals surface area contributed by atoms with Crippen molar-refractivity contribution in [2.45, 2.75) is 19.5 Å². The van der Waals surface area contributed by atoms with Gasteiger partial charge in [0.2, 0.25) is 0 Å². The molecule has 0 atom stereocenters. The summed E-state index contributed by atoms with van der Waals surface area (Å²) in [7, 11) is 3.18. The van der Waals surface area contributed by atoms with E-state index in [1.165, 1.54) is 12.1 Å². The SMILES string of the molecule is COc1ccc2c(CNCCc3ccccc3OC)c(C(=O)[O-])n(Cc3ccc(F)cc3Cl)c2c1. The molecule has 182 valence electrons. The Morgan fingerprint density at radius 3 is 2.57 bits per heavy atom. The lowest BCUT2D eigenvalue weighted by Crippen LogP contribution is -2.28. The van der Waals surface area contributed by atoms with Gasteiger partial charge in [-0.25, -0.2) is 4.39 Å². The predicted molar refractivity (Wildman–Crippen MR) is 132 cm³/mol. The molecule has 0 aliphatic heterocycles. The van der Waals surface area contributed by atoms with E-state index < -0.39 is 11.8 Å². The number of hydrogen-bond acceptors (Lipinski definition) is 5. The number of rotatable bonds is 10. The zero-order valence-corrected chi connectivity index (χ0v) is 20.2. The van der Waals surface area contributed by atoms with Gasteiger partial charge in [-0.2, -0.15) is 0 Å². The van der Waals surface area contributed by atoms with Gasteiger partial charge in [-0.05, 0) is 54.4 Å². The van der Waals surface area contributed by atoms with Crippen molar-refractivity contribution in [1.29, 1.82) is 0 Å². The first-order chi connectivity index (χ1) is 16.9. The molecule has 4 rings (SSSR count). The van der Waals surface area contributed by atoms with Crippen molar-refractivity contribution in [3.63, 3.8) is 0 Å². The molecule has 1 heterocycles. The van der Waals surface area contributed by atoms with Crippen LogP contribution >= 0.6 is 11.6 Å². The van der Waals surface area contributed by atoms with Gasteiger partial charge in [0, 0.05) is 35.1 Å². The zero-order chi connectivity index (χ0) is 24.9. The fourth-order valence-electron chi connectivity index (χ4n) is 4.27. The van der Waals surface area contributed by atoms with Crippen LogP contribution < -0.4 is 19.9 Å². The number of nitrogens with zero attached hydrogens (tertiary/aromatic N) is 1. The molecule has 0 radical (unpaired) electrons. The molecule has 4 aromatic rings. The Morgan fingerprint density at radius 1 is 1.06 bits per heavy atom. The summed E-state index contributed by atoms with van der Waals surface area (Å²) >= 11 is 6.25. The number of aromatic carboxylic acids is 1. The van der Waals surface area contributed by atoms with Crippen LogP contribution in [0.2, 0.25) is 5.02 Å². The smallest absolute Gasteiger partial charge is 0.124 e. The maximum absolute atomic E-state index is 13.6. The minimum Gasteiger partial charge on any atom is -0.543 e. The topological polar surface area (TPSA) is 75.6 Å². The molecule has 1 aromatic heterocycles.